The van der Waals surface area contributed by atoms with Gasteiger partial charge in [-0.3, -0.25) is 4.79 Å². The van der Waals surface area contributed by atoms with Crippen molar-refractivity contribution in [2.24, 2.45) is 0 Å². The van der Waals surface area contributed by atoms with Gasteiger partial charge in [0.15, 0.2) is 0 Å². The number of nitrogens with zero attached hydrogens (tertiary/aromatic N) is 2. The number of piperidine rings is 1. The number of carbonyl (C=O) groups is 1. The van der Waals surface area contributed by atoms with E-state index >= 15 is 0 Å². The Labute approximate surface area is 142 Å². The summed E-state index contributed by atoms with van der Waals surface area (Å²) in [6.07, 6.45) is 4.62. The van der Waals surface area contributed by atoms with Crippen LogP contribution in [0.5, 0.6) is 5.75 Å². The number of phenolic OH excluding ortho intramolecular Hbond substituents is 1. The molecule has 1 unspecified atom stereocenters. The molecule has 0 spiro atoms. The molecule has 1 N–H and O–H groups in total. The number of amides is 1. The predicted octanol–water partition coefficient (Wildman–Crippen LogP) is 4.52. The molecule has 116 valence electrons. The number of likely N-dealkylation sites (tertiary alicyclic amines) is 1. The maximum absolute atomic E-state index is 12.8. The van der Waals surface area contributed by atoms with E-state index in [0.717, 1.165) is 24.3 Å². The minimum atomic E-state index is -0.261. The molecule has 1 saturated heterocycles. The molecule has 0 saturated carbocycles. The summed E-state index contributed by atoms with van der Waals surface area (Å²) >= 11 is 13.3. The molecule has 2 heterocycles. The van der Waals surface area contributed by atoms with Crippen molar-refractivity contribution in [3.8, 4) is 5.75 Å². The summed E-state index contributed by atoms with van der Waals surface area (Å²) < 4.78 is 0. The van der Waals surface area contributed by atoms with E-state index in [4.69, 9.17) is 23.2 Å². The molecule has 1 atom stereocenters. The normalized spacial score (nSPS) is 18.5. The Kier molecular flexibility index (Phi) is 4.57. The average Bonchev–Trinajstić information content (AvgIpc) is 3.06. The molecule has 1 amide bonds. The summed E-state index contributed by atoms with van der Waals surface area (Å²) in [5, 5.41) is 13.2. The molecule has 3 rings (SSSR count). The number of phenols is 1. The van der Waals surface area contributed by atoms with Gasteiger partial charge in [-0.2, -0.15) is 0 Å². The average molecular weight is 357 g/mol. The van der Waals surface area contributed by atoms with Crippen LogP contribution in [-0.4, -0.2) is 27.4 Å². The van der Waals surface area contributed by atoms with Gasteiger partial charge in [-0.15, -0.1) is 11.3 Å². The molecule has 1 aromatic heterocycles. The van der Waals surface area contributed by atoms with Crippen molar-refractivity contribution < 1.29 is 9.90 Å². The lowest BCUT2D eigenvalue weighted by atomic mass is 10.0. The lowest BCUT2D eigenvalue weighted by molar-refractivity contribution is 0.0608. The van der Waals surface area contributed by atoms with E-state index < -0.39 is 0 Å². The highest BCUT2D eigenvalue weighted by atomic mass is 35.5. The highest BCUT2D eigenvalue weighted by Gasteiger charge is 2.31. The van der Waals surface area contributed by atoms with Gasteiger partial charge in [0, 0.05) is 18.1 Å². The van der Waals surface area contributed by atoms with E-state index in [1.165, 1.54) is 12.1 Å². The second kappa shape index (κ2) is 6.44. The van der Waals surface area contributed by atoms with Gasteiger partial charge < -0.3 is 10.0 Å². The van der Waals surface area contributed by atoms with Crippen LogP contribution in [0.1, 0.15) is 40.7 Å². The third-order valence-electron chi connectivity index (χ3n) is 3.80. The van der Waals surface area contributed by atoms with Crippen molar-refractivity contribution in [3.63, 3.8) is 0 Å². The molecule has 1 aliphatic heterocycles. The summed E-state index contributed by atoms with van der Waals surface area (Å²) in [6, 6.07) is 2.99. The second-order valence-corrected chi connectivity index (χ2v) is 6.85. The first-order valence-corrected chi connectivity index (χ1v) is 8.60. The second-order valence-electron chi connectivity index (χ2n) is 5.14. The van der Waals surface area contributed by atoms with E-state index in [-0.39, 0.29) is 33.3 Å². The standard InChI is InChI=1S/C15H14Cl2N2O2S/c16-10-5-4-9(13(20)12(10)17)15(21)19-7-2-1-3-11(19)14-18-6-8-22-14/h4-6,8,11,20H,1-3,7H2. The fraction of sp³-hybridized carbons (Fsp3) is 0.333. The van der Waals surface area contributed by atoms with Crippen LogP contribution in [0.2, 0.25) is 10.0 Å². The molecule has 1 aromatic carbocycles. The van der Waals surface area contributed by atoms with Crippen molar-refractivity contribution in [1.82, 2.24) is 9.88 Å². The number of aromatic hydroxyl groups is 1. The molecule has 0 radical (unpaired) electrons. The topological polar surface area (TPSA) is 53.4 Å². The van der Waals surface area contributed by atoms with Gasteiger partial charge in [0.05, 0.1) is 16.6 Å². The number of carbonyl (C=O) groups excluding carboxylic acids is 1. The summed E-state index contributed by atoms with van der Waals surface area (Å²) in [4.78, 5) is 18.9. The summed E-state index contributed by atoms with van der Waals surface area (Å²) in [7, 11) is 0. The molecular formula is C15H14Cl2N2O2S. The van der Waals surface area contributed by atoms with Gasteiger partial charge in [-0.05, 0) is 31.4 Å². The van der Waals surface area contributed by atoms with Crippen molar-refractivity contribution in [2.75, 3.05) is 6.54 Å². The Morgan fingerprint density at radius 2 is 2.18 bits per heavy atom. The first-order chi connectivity index (χ1) is 10.6. The Hall–Kier alpha value is -1.30. The number of halogens is 2. The summed E-state index contributed by atoms with van der Waals surface area (Å²) in [5.41, 5.74) is 0.179. The van der Waals surface area contributed by atoms with Crippen molar-refractivity contribution in [3.05, 3.63) is 44.3 Å². The van der Waals surface area contributed by atoms with Crippen LogP contribution >= 0.6 is 34.5 Å². The van der Waals surface area contributed by atoms with E-state index in [1.54, 1.807) is 22.4 Å². The first-order valence-electron chi connectivity index (χ1n) is 6.97. The zero-order valence-corrected chi connectivity index (χ0v) is 14.0. The SMILES string of the molecule is O=C(c1ccc(Cl)c(Cl)c1O)N1CCCCC1c1nccs1. The Balaban J connectivity index is 1.94. The quantitative estimate of drug-likeness (QED) is 0.860. The largest absolute Gasteiger partial charge is 0.505 e. The van der Waals surface area contributed by atoms with Crippen molar-refractivity contribution >= 4 is 40.4 Å². The molecular weight excluding hydrogens is 343 g/mol. The molecule has 7 heteroatoms. The lowest BCUT2D eigenvalue weighted by Gasteiger charge is -2.34. The number of hydrogen-bond acceptors (Lipinski definition) is 4. The number of hydrogen-bond donors (Lipinski definition) is 1. The third kappa shape index (κ3) is 2.81. The van der Waals surface area contributed by atoms with Crippen LogP contribution in [0.15, 0.2) is 23.7 Å². The van der Waals surface area contributed by atoms with Gasteiger partial charge >= 0.3 is 0 Å². The van der Waals surface area contributed by atoms with Crippen LogP contribution in [0.4, 0.5) is 0 Å². The Morgan fingerprint density at radius 3 is 2.91 bits per heavy atom. The maximum atomic E-state index is 12.8. The van der Waals surface area contributed by atoms with E-state index in [1.807, 2.05) is 5.38 Å². The number of thiazole rings is 1. The molecule has 4 nitrogen and oxygen atoms in total. The number of aromatic nitrogens is 1. The van der Waals surface area contributed by atoms with Gasteiger partial charge in [0.2, 0.25) is 0 Å². The zero-order chi connectivity index (χ0) is 15.7. The van der Waals surface area contributed by atoms with Gasteiger partial charge in [0.1, 0.15) is 15.8 Å². The lowest BCUT2D eigenvalue weighted by Crippen LogP contribution is -2.38. The third-order valence-corrected chi connectivity index (χ3v) is 5.47. The first kappa shape index (κ1) is 15.6. The Morgan fingerprint density at radius 1 is 1.36 bits per heavy atom. The fourth-order valence-electron chi connectivity index (χ4n) is 2.70. The van der Waals surface area contributed by atoms with Crippen LogP contribution in [-0.2, 0) is 0 Å². The molecule has 22 heavy (non-hydrogen) atoms. The zero-order valence-electron chi connectivity index (χ0n) is 11.6. The molecule has 0 aliphatic carbocycles. The highest BCUT2D eigenvalue weighted by Crippen LogP contribution is 2.38. The van der Waals surface area contributed by atoms with Crippen LogP contribution < -0.4 is 0 Å². The fourth-order valence-corrected chi connectivity index (χ4v) is 3.80. The van der Waals surface area contributed by atoms with Gasteiger partial charge in [-0.1, -0.05) is 23.2 Å². The molecule has 0 bridgehead atoms. The van der Waals surface area contributed by atoms with Gasteiger partial charge in [0.25, 0.3) is 5.91 Å². The maximum Gasteiger partial charge on any atom is 0.258 e. The number of benzene rings is 1. The monoisotopic (exact) mass is 356 g/mol. The van der Waals surface area contributed by atoms with E-state index in [0.29, 0.717) is 6.54 Å². The van der Waals surface area contributed by atoms with Crippen LogP contribution in [0.25, 0.3) is 0 Å². The minimum absolute atomic E-state index is 0.00956. The predicted molar refractivity (Wildman–Crippen MR) is 87.9 cm³/mol. The van der Waals surface area contributed by atoms with Crippen molar-refractivity contribution in [1.29, 1.82) is 0 Å². The molecule has 1 aliphatic rings. The molecule has 2 aromatic rings. The van der Waals surface area contributed by atoms with Crippen LogP contribution in [0, 0.1) is 0 Å². The summed E-state index contributed by atoms with van der Waals surface area (Å²) in [5.74, 6) is -0.501. The smallest absolute Gasteiger partial charge is 0.258 e. The van der Waals surface area contributed by atoms with Gasteiger partial charge in [-0.25, -0.2) is 4.98 Å². The minimum Gasteiger partial charge on any atom is -0.505 e. The molecule has 1 fully saturated rings. The number of rotatable bonds is 2. The van der Waals surface area contributed by atoms with E-state index in [2.05, 4.69) is 4.98 Å². The Bertz CT molecular complexity index is 691. The van der Waals surface area contributed by atoms with Crippen LogP contribution in [0.3, 0.4) is 0 Å². The highest BCUT2D eigenvalue weighted by molar-refractivity contribution is 7.09. The van der Waals surface area contributed by atoms with E-state index in [9.17, 15) is 9.90 Å². The summed E-state index contributed by atoms with van der Waals surface area (Å²) in [6.45, 7) is 0.642. The van der Waals surface area contributed by atoms with Crippen molar-refractivity contribution in [2.45, 2.75) is 25.3 Å².